The summed E-state index contributed by atoms with van der Waals surface area (Å²) in [4.78, 5) is 39.9. The van der Waals surface area contributed by atoms with Crippen LogP contribution in [0.3, 0.4) is 0 Å². The van der Waals surface area contributed by atoms with Gasteiger partial charge in [0.15, 0.2) is 0 Å². The minimum Gasteiger partial charge on any atom is -0.378 e. The van der Waals surface area contributed by atoms with Gasteiger partial charge >= 0.3 is 0 Å². The van der Waals surface area contributed by atoms with Crippen molar-refractivity contribution in [1.29, 1.82) is 0 Å². The van der Waals surface area contributed by atoms with Crippen LogP contribution in [-0.4, -0.2) is 69.1 Å². The van der Waals surface area contributed by atoms with Gasteiger partial charge in [-0.1, -0.05) is 0 Å². The van der Waals surface area contributed by atoms with E-state index < -0.39 is 0 Å². The number of rotatable bonds is 8. The van der Waals surface area contributed by atoms with E-state index in [9.17, 15) is 14.4 Å². The number of likely N-dealkylation sites (N-methyl/N-ethyl adjacent to an activating group) is 1. The van der Waals surface area contributed by atoms with Crippen LogP contribution in [0.15, 0.2) is 41.1 Å². The summed E-state index contributed by atoms with van der Waals surface area (Å²) in [5.74, 6) is -0.685. The molecular formula is C21H26N4O4S. The van der Waals surface area contributed by atoms with E-state index in [1.54, 1.807) is 18.5 Å². The second-order valence-corrected chi connectivity index (χ2v) is 7.74. The number of nitrogens with zero attached hydrogens (tertiary/aromatic N) is 2. The van der Waals surface area contributed by atoms with Crippen LogP contribution in [-0.2, 0) is 14.3 Å². The van der Waals surface area contributed by atoms with Crippen LogP contribution in [0.25, 0.3) is 0 Å². The molecule has 1 saturated heterocycles. The van der Waals surface area contributed by atoms with E-state index in [1.165, 1.54) is 16.2 Å². The number of benzene rings is 1. The molecule has 1 aromatic carbocycles. The third-order valence-electron chi connectivity index (χ3n) is 4.74. The summed E-state index contributed by atoms with van der Waals surface area (Å²) in [6.07, 6.45) is 0.133. The highest BCUT2D eigenvalue weighted by atomic mass is 32.1. The number of nitrogens with one attached hydrogen (secondary N) is 2. The molecule has 0 atom stereocenters. The molecule has 3 amide bonds. The van der Waals surface area contributed by atoms with Crippen LogP contribution in [0.1, 0.15) is 16.8 Å². The first-order valence-electron chi connectivity index (χ1n) is 9.80. The molecule has 1 aromatic heterocycles. The fourth-order valence-electron chi connectivity index (χ4n) is 3.05. The zero-order valence-corrected chi connectivity index (χ0v) is 17.7. The standard InChI is InChI=1S/C21H26N4O4S/c1-24(20(27)6-8-22-21(28)16-7-13-30-15-16)14-19(26)23-17-2-4-18(5-3-17)25-9-11-29-12-10-25/h2-5,7,13,15H,6,8-12,14H2,1H3,(H,22,28)(H,23,26). The number of ether oxygens (including phenoxy) is 1. The summed E-state index contributed by atoms with van der Waals surface area (Å²) in [7, 11) is 1.57. The molecule has 160 valence electrons. The molecule has 3 rings (SSSR count). The number of anilines is 2. The Balaban J connectivity index is 1.39. The summed E-state index contributed by atoms with van der Waals surface area (Å²) < 4.78 is 5.36. The van der Waals surface area contributed by atoms with Gasteiger partial charge in [0.2, 0.25) is 11.8 Å². The highest BCUT2D eigenvalue weighted by Crippen LogP contribution is 2.19. The van der Waals surface area contributed by atoms with Gasteiger partial charge in [0, 0.05) is 55.4 Å². The summed E-state index contributed by atoms with van der Waals surface area (Å²) >= 11 is 1.44. The first kappa shape index (κ1) is 21.8. The highest BCUT2D eigenvalue weighted by Gasteiger charge is 2.15. The molecule has 30 heavy (non-hydrogen) atoms. The van der Waals surface area contributed by atoms with Crippen molar-refractivity contribution in [2.45, 2.75) is 6.42 Å². The van der Waals surface area contributed by atoms with E-state index in [0.29, 0.717) is 11.3 Å². The Kier molecular flexibility index (Phi) is 7.81. The fraction of sp³-hybridized carbons (Fsp3) is 0.381. The molecule has 2 aromatic rings. The van der Waals surface area contributed by atoms with Crippen molar-refractivity contribution in [1.82, 2.24) is 10.2 Å². The van der Waals surface area contributed by atoms with Gasteiger partial charge in [-0.15, -0.1) is 0 Å². The molecule has 0 unspecified atom stereocenters. The number of thiophene rings is 1. The van der Waals surface area contributed by atoms with Gasteiger partial charge in [0.05, 0.1) is 19.8 Å². The molecule has 2 N–H and O–H groups in total. The summed E-state index contributed by atoms with van der Waals surface area (Å²) in [6.45, 7) is 3.32. The SMILES string of the molecule is CN(CC(=O)Nc1ccc(N2CCOCC2)cc1)C(=O)CCNC(=O)c1ccsc1. The van der Waals surface area contributed by atoms with Gasteiger partial charge in [-0.25, -0.2) is 0 Å². The average molecular weight is 431 g/mol. The normalized spacial score (nSPS) is 13.6. The Morgan fingerprint density at radius 3 is 2.53 bits per heavy atom. The zero-order chi connectivity index (χ0) is 21.3. The Labute approximate surface area is 179 Å². The number of hydrogen-bond donors (Lipinski definition) is 2. The zero-order valence-electron chi connectivity index (χ0n) is 16.9. The van der Waals surface area contributed by atoms with E-state index in [4.69, 9.17) is 4.74 Å². The largest absolute Gasteiger partial charge is 0.378 e. The lowest BCUT2D eigenvalue weighted by Gasteiger charge is -2.28. The molecule has 8 nitrogen and oxygen atoms in total. The summed E-state index contributed by atoms with van der Waals surface area (Å²) in [5, 5.41) is 9.08. The quantitative estimate of drug-likeness (QED) is 0.667. The lowest BCUT2D eigenvalue weighted by molar-refractivity contribution is -0.133. The first-order chi connectivity index (χ1) is 14.5. The first-order valence-corrected chi connectivity index (χ1v) is 10.7. The Bertz CT molecular complexity index is 848. The summed E-state index contributed by atoms with van der Waals surface area (Å²) in [6, 6.07) is 9.36. The number of amides is 3. The van der Waals surface area contributed by atoms with E-state index >= 15 is 0 Å². The smallest absolute Gasteiger partial charge is 0.252 e. The molecule has 0 radical (unpaired) electrons. The van der Waals surface area contributed by atoms with Gasteiger partial charge in [0.25, 0.3) is 5.91 Å². The minimum absolute atomic E-state index is 0.0531. The molecule has 0 saturated carbocycles. The van der Waals surface area contributed by atoms with Gasteiger partial charge in [-0.2, -0.15) is 11.3 Å². The molecule has 1 aliphatic rings. The van der Waals surface area contributed by atoms with E-state index in [-0.39, 0.29) is 37.2 Å². The van der Waals surface area contributed by atoms with Crippen LogP contribution in [0.4, 0.5) is 11.4 Å². The number of carbonyl (C=O) groups is 3. The van der Waals surface area contributed by atoms with E-state index in [0.717, 1.165) is 32.0 Å². The van der Waals surface area contributed by atoms with Crippen molar-refractivity contribution in [2.24, 2.45) is 0 Å². The molecule has 1 aliphatic heterocycles. The maximum atomic E-state index is 12.3. The average Bonchev–Trinajstić information content (AvgIpc) is 3.30. The third-order valence-corrected chi connectivity index (χ3v) is 5.42. The Hall–Kier alpha value is -2.91. The van der Waals surface area contributed by atoms with Gasteiger partial charge < -0.3 is 25.2 Å². The van der Waals surface area contributed by atoms with Crippen LogP contribution in [0.5, 0.6) is 0 Å². The number of morpholine rings is 1. The van der Waals surface area contributed by atoms with Crippen molar-refractivity contribution >= 4 is 40.4 Å². The van der Waals surface area contributed by atoms with E-state index in [1.807, 2.05) is 29.6 Å². The van der Waals surface area contributed by atoms with Crippen molar-refractivity contribution in [3.63, 3.8) is 0 Å². The maximum Gasteiger partial charge on any atom is 0.252 e. The predicted molar refractivity (Wildman–Crippen MR) is 117 cm³/mol. The minimum atomic E-state index is -0.271. The third kappa shape index (κ3) is 6.30. The number of carbonyl (C=O) groups excluding carboxylic acids is 3. The van der Waals surface area contributed by atoms with E-state index in [2.05, 4.69) is 15.5 Å². The topological polar surface area (TPSA) is 91.0 Å². The second-order valence-electron chi connectivity index (χ2n) is 6.96. The predicted octanol–water partition coefficient (Wildman–Crippen LogP) is 1.80. The van der Waals surface area contributed by atoms with Crippen LogP contribution in [0, 0.1) is 0 Å². The summed E-state index contributed by atoms with van der Waals surface area (Å²) in [5.41, 5.74) is 2.36. The monoisotopic (exact) mass is 430 g/mol. The van der Waals surface area contributed by atoms with Crippen LogP contribution >= 0.6 is 11.3 Å². The maximum absolute atomic E-state index is 12.3. The Morgan fingerprint density at radius 1 is 1.13 bits per heavy atom. The molecule has 9 heteroatoms. The molecule has 0 aliphatic carbocycles. The molecule has 0 spiro atoms. The highest BCUT2D eigenvalue weighted by molar-refractivity contribution is 7.08. The van der Waals surface area contributed by atoms with Crippen molar-refractivity contribution in [3.05, 3.63) is 46.7 Å². The van der Waals surface area contributed by atoms with Crippen LogP contribution in [0.2, 0.25) is 0 Å². The molecule has 2 heterocycles. The molecule has 1 fully saturated rings. The van der Waals surface area contributed by atoms with Gasteiger partial charge in [-0.05, 0) is 35.7 Å². The molecular weight excluding hydrogens is 404 g/mol. The number of hydrogen-bond acceptors (Lipinski definition) is 6. The van der Waals surface area contributed by atoms with Crippen LogP contribution < -0.4 is 15.5 Å². The second kappa shape index (κ2) is 10.7. The molecule has 0 bridgehead atoms. The van der Waals surface area contributed by atoms with Gasteiger partial charge in [-0.3, -0.25) is 14.4 Å². The van der Waals surface area contributed by atoms with Crippen molar-refractivity contribution in [2.75, 3.05) is 56.7 Å². The fourth-order valence-corrected chi connectivity index (χ4v) is 3.69. The van der Waals surface area contributed by atoms with Gasteiger partial charge in [0.1, 0.15) is 0 Å². The lowest BCUT2D eigenvalue weighted by atomic mass is 10.2. The van der Waals surface area contributed by atoms with Crippen molar-refractivity contribution in [3.8, 4) is 0 Å². The lowest BCUT2D eigenvalue weighted by Crippen LogP contribution is -2.37. The van der Waals surface area contributed by atoms with Crippen molar-refractivity contribution < 1.29 is 19.1 Å². The Morgan fingerprint density at radius 2 is 1.87 bits per heavy atom.